The summed E-state index contributed by atoms with van der Waals surface area (Å²) in [6, 6.07) is 14.1. The maximum Gasteiger partial charge on any atom is 0.154 e. The first-order valence-electron chi connectivity index (χ1n) is 7.51. The average Bonchev–Trinajstić information content (AvgIpc) is 2.46. The van der Waals surface area contributed by atoms with E-state index in [1.54, 1.807) is 0 Å². The third-order valence-electron chi connectivity index (χ3n) is 4.39. The Morgan fingerprint density at radius 3 is 2.62 bits per heavy atom. The first kappa shape index (κ1) is 14.5. The van der Waals surface area contributed by atoms with Crippen LogP contribution in [0.5, 0.6) is 0 Å². The van der Waals surface area contributed by atoms with Gasteiger partial charge in [-0.15, -0.1) is 0 Å². The molecular weight excluding hydrogens is 282 g/mol. The van der Waals surface area contributed by atoms with Crippen LogP contribution in [0.15, 0.2) is 42.5 Å². The number of fused-ring (bicyclic) bond motifs is 1. The second-order valence-electron chi connectivity index (χ2n) is 5.95. The van der Waals surface area contributed by atoms with Crippen LogP contribution in [0.4, 0.5) is 0 Å². The quantitative estimate of drug-likeness (QED) is 0.948. The van der Waals surface area contributed by atoms with E-state index < -0.39 is 9.84 Å². The van der Waals surface area contributed by atoms with E-state index >= 15 is 0 Å². The van der Waals surface area contributed by atoms with E-state index in [1.807, 2.05) is 12.1 Å². The molecule has 1 fully saturated rings. The molecule has 0 radical (unpaired) electrons. The summed E-state index contributed by atoms with van der Waals surface area (Å²) in [6.45, 7) is 0. The van der Waals surface area contributed by atoms with Crippen LogP contribution in [0.2, 0.25) is 0 Å². The molecule has 3 rings (SSSR count). The van der Waals surface area contributed by atoms with E-state index in [1.165, 1.54) is 10.8 Å². The predicted molar refractivity (Wildman–Crippen MR) is 87.1 cm³/mol. The number of hydrogen-bond acceptors (Lipinski definition) is 3. The lowest BCUT2D eigenvalue weighted by Crippen LogP contribution is -2.44. The highest BCUT2D eigenvalue weighted by Gasteiger charge is 2.33. The standard InChI is InChI=1S/C17H21NO2S/c18-16(17-7-3-4-10-21(17,19)20)12-13-8-9-14-5-1-2-6-15(14)11-13/h1-2,5-6,8-9,11,16-17H,3-4,7,10,12,18H2. The van der Waals surface area contributed by atoms with Crippen LogP contribution in [0.25, 0.3) is 10.8 Å². The van der Waals surface area contributed by atoms with Gasteiger partial charge in [0.05, 0.1) is 11.0 Å². The summed E-state index contributed by atoms with van der Waals surface area (Å²) in [7, 11) is -3.01. The number of hydrogen-bond donors (Lipinski definition) is 1. The Morgan fingerprint density at radius 2 is 1.86 bits per heavy atom. The van der Waals surface area contributed by atoms with Crippen molar-refractivity contribution in [2.24, 2.45) is 5.73 Å². The molecule has 0 aliphatic carbocycles. The van der Waals surface area contributed by atoms with E-state index in [0.29, 0.717) is 18.6 Å². The first-order chi connectivity index (χ1) is 10.1. The van der Waals surface area contributed by atoms with Gasteiger partial charge in [0.2, 0.25) is 0 Å². The highest BCUT2D eigenvalue weighted by Crippen LogP contribution is 2.24. The van der Waals surface area contributed by atoms with Crippen LogP contribution in [0.3, 0.4) is 0 Å². The Labute approximate surface area is 126 Å². The Morgan fingerprint density at radius 1 is 1.10 bits per heavy atom. The van der Waals surface area contributed by atoms with Crippen LogP contribution in [-0.2, 0) is 16.3 Å². The molecule has 2 aromatic carbocycles. The molecule has 0 bridgehead atoms. The summed E-state index contributed by atoms with van der Waals surface area (Å²) in [4.78, 5) is 0. The van der Waals surface area contributed by atoms with Gasteiger partial charge in [0.15, 0.2) is 9.84 Å². The van der Waals surface area contributed by atoms with Crippen LogP contribution < -0.4 is 5.73 Å². The maximum absolute atomic E-state index is 12.1. The molecular formula is C17H21NO2S. The van der Waals surface area contributed by atoms with Crippen molar-refractivity contribution in [2.45, 2.75) is 37.0 Å². The topological polar surface area (TPSA) is 60.2 Å². The van der Waals surface area contributed by atoms with Crippen molar-refractivity contribution in [3.05, 3.63) is 48.0 Å². The highest BCUT2D eigenvalue weighted by molar-refractivity contribution is 7.92. The third-order valence-corrected chi connectivity index (χ3v) is 6.76. The van der Waals surface area contributed by atoms with Crippen molar-refractivity contribution < 1.29 is 8.42 Å². The molecule has 2 atom stereocenters. The fraction of sp³-hybridized carbons (Fsp3) is 0.412. The van der Waals surface area contributed by atoms with Gasteiger partial charge in [-0.3, -0.25) is 0 Å². The SMILES string of the molecule is NC(Cc1ccc2ccccc2c1)C1CCCCS1(=O)=O. The fourth-order valence-electron chi connectivity index (χ4n) is 3.23. The molecule has 0 amide bonds. The Balaban J connectivity index is 1.81. The smallest absolute Gasteiger partial charge is 0.154 e. The number of sulfone groups is 1. The molecule has 2 unspecified atom stereocenters. The van der Waals surface area contributed by atoms with Gasteiger partial charge >= 0.3 is 0 Å². The summed E-state index contributed by atoms with van der Waals surface area (Å²) in [5.74, 6) is 0.295. The van der Waals surface area contributed by atoms with Crippen LogP contribution >= 0.6 is 0 Å². The first-order valence-corrected chi connectivity index (χ1v) is 9.23. The Kier molecular flexibility index (Phi) is 4.00. The second kappa shape index (κ2) is 5.78. The summed E-state index contributed by atoms with van der Waals surface area (Å²) in [5.41, 5.74) is 7.33. The van der Waals surface area contributed by atoms with Gasteiger partial charge < -0.3 is 5.73 Å². The number of rotatable bonds is 3. The fourth-order valence-corrected chi connectivity index (χ4v) is 5.29. The van der Waals surface area contributed by atoms with Gasteiger partial charge in [0, 0.05) is 6.04 Å². The van der Waals surface area contributed by atoms with Crippen molar-refractivity contribution in [2.75, 3.05) is 5.75 Å². The highest BCUT2D eigenvalue weighted by atomic mass is 32.2. The molecule has 0 aromatic heterocycles. The molecule has 21 heavy (non-hydrogen) atoms. The molecule has 3 nitrogen and oxygen atoms in total. The minimum absolute atomic E-state index is 0.295. The molecule has 1 heterocycles. The molecule has 1 saturated heterocycles. The van der Waals surface area contributed by atoms with Gasteiger partial charge in [-0.25, -0.2) is 8.42 Å². The van der Waals surface area contributed by atoms with Crippen molar-refractivity contribution in [1.29, 1.82) is 0 Å². The van der Waals surface area contributed by atoms with Crippen molar-refractivity contribution in [3.8, 4) is 0 Å². The van der Waals surface area contributed by atoms with Crippen molar-refractivity contribution in [3.63, 3.8) is 0 Å². The normalized spacial score (nSPS) is 23.0. The van der Waals surface area contributed by atoms with Crippen LogP contribution in [0, 0.1) is 0 Å². The average molecular weight is 303 g/mol. The van der Waals surface area contributed by atoms with Crippen molar-refractivity contribution in [1.82, 2.24) is 0 Å². The minimum Gasteiger partial charge on any atom is -0.326 e. The zero-order valence-corrected chi connectivity index (χ0v) is 12.9. The van der Waals surface area contributed by atoms with E-state index in [-0.39, 0.29) is 11.3 Å². The molecule has 1 aliphatic rings. The molecule has 2 aromatic rings. The summed E-state index contributed by atoms with van der Waals surface area (Å²) in [5, 5.41) is 1.99. The van der Waals surface area contributed by atoms with Gasteiger partial charge in [-0.1, -0.05) is 48.9 Å². The monoisotopic (exact) mass is 303 g/mol. The van der Waals surface area contributed by atoms with Gasteiger partial charge in [-0.05, 0) is 35.6 Å². The zero-order valence-electron chi connectivity index (χ0n) is 12.0. The molecule has 0 saturated carbocycles. The van der Waals surface area contributed by atoms with E-state index in [0.717, 1.165) is 18.4 Å². The maximum atomic E-state index is 12.1. The molecule has 112 valence electrons. The molecule has 0 spiro atoms. The van der Waals surface area contributed by atoms with E-state index in [2.05, 4.69) is 30.3 Å². The van der Waals surface area contributed by atoms with Gasteiger partial charge in [-0.2, -0.15) is 0 Å². The van der Waals surface area contributed by atoms with Crippen LogP contribution in [0.1, 0.15) is 24.8 Å². The van der Waals surface area contributed by atoms with Gasteiger partial charge in [0.25, 0.3) is 0 Å². The minimum atomic E-state index is -3.01. The van der Waals surface area contributed by atoms with E-state index in [4.69, 9.17) is 5.73 Å². The largest absolute Gasteiger partial charge is 0.326 e. The summed E-state index contributed by atoms with van der Waals surface area (Å²) >= 11 is 0. The van der Waals surface area contributed by atoms with Crippen molar-refractivity contribution >= 4 is 20.6 Å². The third kappa shape index (κ3) is 3.11. The molecule has 4 heteroatoms. The molecule has 1 aliphatic heterocycles. The Hall–Kier alpha value is -1.39. The lowest BCUT2D eigenvalue weighted by Gasteiger charge is -2.27. The number of benzene rings is 2. The Bertz CT molecular complexity index is 739. The second-order valence-corrected chi connectivity index (χ2v) is 8.29. The zero-order chi connectivity index (χ0) is 14.9. The van der Waals surface area contributed by atoms with E-state index in [9.17, 15) is 8.42 Å². The molecule has 2 N–H and O–H groups in total. The lowest BCUT2D eigenvalue weighted by molar-refractivity contribution is 0.495. The van der Waals surface area contributed by atoms with Gasteiger partial charge in [0.1, 0.15) is 0 Å². The predicted octanol–water partition coefficient (Wildman–Crippen LogP) is 2.68. The lowest BCUT2D eigenvalue weighted by atomic mass is 9.98. The summed E-state index contributed by atoms with van der Waals surface area (Å²) < 4.78 is 24.3. The number of nitrogens with two attached hydrogens (primary N) is 1. The van der Waals surface area contributed by atoms with Crippen LogP contribution in [-0.4, -0.2) is 25.5 Å². The summed E-state index contributed by atoms with van der Waals surface area (Å²) in [6.07, 6.45) is 3.07.